The van der Waals surface area contributed by atoms with Crippen LogP contribution in [-0.4, -0.2) is 35.1 Å². The Morgan fingerprint density at radius 1 is 0.562 bits per heavy atom. The second kappa shape index (κ2) is 12.7. The van der Waals surface area contributed by atoms with Gasteiger partial charge in [0.2, 0.25) is 11.5 Å². The Hall–Kier alpha value is -5.30. The van der Waals surface area contributed by atoms with Gasteiger partial charge in [0.05, 0.1) is 14.9 Å². The minimum absolute atomic E-state index is 0.0110. The van der Waals surface area contributed by atoms with E-state index in [9.17, 15) is 45.5 Å². The number of hydrogen-bond donors (Lipinski definition) is 0. The third-order valence-electron chi connectivity index (χ3n) is 6.63. The van der Waals surface area contributed by atoms with Crippen molar-refractivity contribution in [3.05, 3.63) is 128 Å². The maximum atomic E-state index is 13.8. The van der Waals surface area contributed by atoms with Crippen LogP contribution in [0.25, 0.3) is 10.8 Å². The molecule has 0 amide bonds. The average Bonchev–Trinajstić information content (AvgIpc) is 3.04. The molecule has 0 aliphatic rings. The average molecular weight is 735 g/mol. The van der Waals surface area contributed by atoms with Crippen molar-refractivity contribution in [1.82, 2.24) is 0 Å². The normalized spacial score (nSPS) is 12.0. The summed E-state index contributed by atoms with van der Waals surface area (Å²) in [4.78, 5) is 20.2. The fourth-order valence-electron chi connectivity index (χ4n) is 4.50. The fourth-order valence-corrected chi connectivity index (χ4v) is 8.19. The summed E-state index contributed by atoms with van der Waals surface area (Å²) in [7, 11) is -15.3. The van der Waals surface area contributed by atoms with E-state index in [4.69, 9.17) is 24.2 Å². The van der Waals surface area contributed by atoms with Gasteiger partial charge in [0.1, 0.15) is 14.7 Å². The molecule has 0 aromatic heterocycles. The van der Waals surface area contributed by atoms with Gasteiger partial charge in [-0.25, -0.2) is 0 Å². The van der Waals surface area contributed by atoms with Crippen molar-refractivity contribution < 1.29 is 47.6 Å². The minimum Gasteiger partial charge on any atom is -0.374 e. The Bertz CT molecular complexity index is 2440. The lowest BCUT2D eigenvalue weighted by Crippen LogP contribution is -2.18. The molecule has 19 heteroatoms. The third kappa shape index (κ3) is 6.45. The molecule has 0 saturated carbocycles. The lowest BCUT2D eigenvalue weighted by atomic mass is 10.1. The molecule has 0 atom stereocenters. The summed E-state index contributed by atoms with van der Waals surface area (Å²) in [5.74, 6) is -4.20. The van der Waals surface area contributed by atoms with Crippen LogP contribution in [0.1, 0.15) is 5.56 Å². The van der Waals surface area contributed by atoms with Gasteiger partial charge in [0.25, 0.3) is 5.75 Å². The van der Waals surface area contributed by atoms with Crippen LogP contribution in [0.2, 0.25) is 5.02 Å². The van der Waals surface area contributed by atoms with Crippen LogP contribution >= 0.6 is 11.6 Å². The maximum absolute atomic E-state index is 13.8. The smallest absolute Gasteiger partial charge is 0.374 e. The first-order valence-electron chi connectivity index (χ1n) is 13.2. The Balaban J connectivity index is 1.84. The summed E-state index contributed by atoms with van der Waals surface area (Å²) < 4.78 is 96.1. The highest BCUT2D eigenvalue weighted by atomic mass is 35.5. The Labute approximate surface area is 277 Å². The van der Waals surface area contributed by atoms with E-state index >= 15 is 0 Å². The highest BCUT2D eigenvalue weighted by Gasteiger charge is 2.45. The van der Waals surface area contributed by atoms with E-state index in [0.29, 0.717) is 5.39 Å². The molecular formula is C29H19ClN2O13S3. The van der Waals surface area contributed by atoms with Crippen LogP contribution in [0.5, 0.6) is 17.2 Å². The van der Waals surface area contributed by atoms with E-state index in [1.54, 1.807) is 6.07 Å². The molecule has 0 aliphatic carbocycles. The van der Waals surface area contributed by atoms with Gasteiger partial charge in [-0.05, 0) is 42.6 Å². The van der Waals surface area contributed by atoms with Crippen LogP contribution in [-0.2, 0) is 30.4 Å². The predicted octanol–water partition coefficient (Wildman–Crippen LogP) is 5.92. The molecule has 0 radical (unpaired) electrons. The molecule has 0 N–H and O–H groups in total. The van der Waals surface area contributed by atoms with Crippen LogP contribution < -0.4 is 12.5 Å². The monoisotopic (exact) mass is 734 g/mol. The standard InChI is InChI=1S/C29H19ClN2O13S3/c1-18-26(43-48(41,42)29-22-15-9-8-10-19(22)16-17-23(29)30)24(31(33)34)25(32(35)36)28(45-47(39,40)21-13-6-3-7-14-21)27(18)44-46(37,38)20-11-4-2-5-12-20/h2-17H,1H3. The van der Waals surface area contributed by atoms with Crippen LogP contribution in [0.3, 0.4) is 0 Å². The molecule has 5 aromatic rings. The second-order valence-corrected chi connectivity index (χ2v) is 14.6. The van der Waals surface area contributed by atoms with Crippen molar-refractivity contribution in [2.75, 3.05) is 0 Å². The number of nitrogens with zero attached hydrogens (tertiary/aromatic N) is 2. The van der Waals surface area contributed by atoms with Gasteiger partial charge in [0, 0.05) is 10.9 Å². The van der Waals surface area contributed by atoms with Crippen LogP contribution in [0.15, 0.2) is 112 Å². The SMILES string of the molecule is Cc1c(OS(=O)(=O)c2ccccc2)c(OS(=O)(=O)c2ccccc2)c([N+](=O)[O-])c([N+](=O)[O-])c1OS(=O)(=O)c1c(Cl)ccc2ccccc12. The molecule has 5 aromatic carbocycles. The molecule has 248 valence electrons. The van der Waals surface area contributed by atoms with Crippen LogP contribution in [0.4, 0.5) is 11.4 Å². The minimum atomic E-state index is -5.22. The number of rotatable bonds is 11. The van der Waals surface area contributed by atoms with Crippen molar-refractivity contribution in [3.8, 4) is 17.2 Å². The molecule has 0 heterocycles. The second-order valence-electron chi connectivity index (χ2n) is 9.66. The summed E-state index contributed by atoms with van der Waals surface area (Å²) in [5, 5.41) is 24.9. The van der Waals surface area contributed by atoms with Gasteiger partial charge >= 0.3 is 41.7 Å². The van der Waals surface area contributed by atoms with Crippen LogP contribution in [0, 0.1) is 27.2 Å². The summed E-state index contributed by atoms with van der Waals surface area (Å²) >= 11 is 6.23. The van der Waals surface area contributed by atoms with Gasteiger partial charge in [-0.3, -0.25) is 20.2 Å². The summed E-state index contributed by atoms with van der Waals surface area (Å²) in [6.45, 7) is 0.851. The number of nitro groups is 2. The largest absolute Gasteiger partial charge is 0.397 e. The topological polar surface area (TPSA) is 216 Å². The molecule has 5 rings (SSSR count). The zero-order chi connectivity index (χ0) is 35.0. The number of benzene rings is 5. The first-order chi connectivity index (χ1) is 22.5. The van der Waals surface area contributed by atoms with Gasteiger partial charge < -0.3 is 12.5 Å². The maximum Gasteiger partial charge on any atom is 0.397 e. The fraction of sp³-hybridized carbons (Fsp3) is 0.0345. The summed E-state index contributed by atoms with van der Waals surface area (Å²) in [5.41, 5.74) is -4.36. The Morgan fingerprint density at radius 2 is 1.00 bits per heavy atom. The molecule has 0 aliphatic heterocycles. The quantitative estimate of drug-likeness (QED) is 0.0875. The predicted molar refractivity (Wildman–Crippen MR) is 170 cm³/mol. The lowest BCUT2D eigenvalue weighted by Gasteiger charge is -2.18. The Morgan fingerprint density at radius 3 is 1.52 bits per heavy atom. The van der Waals surface area contributed by atoms with E-state index in [1.165, 1.54) is 66.7 Å². The van der Waals surface area contributed by atoms with Gasteiger partial charge in [-0.1, -0.05) is 78.3 Å². The van der Waals surface area contributed by atoms with E-state index in [-0.39, 0.29) is 10.4 Å². The summed E-state index contributed by atoms with van der Waals surface area (Å²) in [6, 6.07) is 20.9. The van der Waals surface area contributed by atoms with Gasteiger partial charge in [-0.2, -0.15) is 25.3 Å². The van der Waals surface area contributed by atoms with Crippen molar-refractivity contribution in [1.29, 1.82) is 0 Å². The van der Waals surface area contributed by atoms with E-state index < -0.39 is 89.1 Å². The molecule has 48 heavy (non-hydrogen) atoms. The Kier molecular flexibility index (Phi) is 9.02. The lowest BCUT2D eigenvalue weighted by molar-refractivity contribution is -0.423. The molecule has 15 nitrogen and oxygen atoms in total. The highest BCUT2D eigenvalue weighted by Crippen LogP contribution is 2.54. The van der Waals surface area contributed by atoms with Crippen molar-refractivity contribution in [3.63, 3.8) is 0 Å². The molecule has 0 spiro atoms. The molecular weight excluding hydrogens is 716 g/mol. The molecule has 0 bridgehead atoms. The van der Waals surface area contributed by atoms with Crippen molar-refractivity contribution >= 4 is 64.1 Å². The highest BCUT2D eigenvalue weighted by molar-refractivity contribution is 7.88. The molecule has 0 saturated heterocycles. The number of halogens is 1. The molecule has 0 unspecified atom stereocenters. The van der Waals surface area contributed by atoms with Gasteiger partial charge in [-0.15, -0.1) is 0 Å². The van der Waals surface area contributed by atoms with Gasteiger partial charge in [0.15, 0.2) is 0 Å². The van der Waals surface area contributed by atoms with Crippen molar-refractivity contribution in [2.45, 2.75) is 21.6 Å². The van der Waals surface area contributed by atoms with E-state index in [2.05, 4.69) is 0 Å². The van der Waals surface area contributed by atoms with E-state index in [1.807, 2.05) is 0 Å². The summed E-state index contributed by atoms with van der Waals surface area (Å²) in [6.07, 6.45) is 0. The third-order valence-corrected chi connectivity index (χ3v) is 10.9. The zero-order valence-corrected chi connectivity index (χ0v) is 27.2. The first kappa shape index (κ1) is 34.0. The number of fused-ring (bicyclic) bond motifs is 1. The van der Waals surface area contributed by atoms with Crippen molar-refractivity contribution in [2.24, 2.45) is 0 Å². The first-order valence-corrected chi connectivity index (χ1v) is 17.8. The van der Waals surface area contributed by atoms with E-state index in [0.717, 1.165) is 31.2 Å². The number of nitro benzene ring substituents is 2. The molecule has 0 fully saturated rings. The number of hydrogen-bond acceptors (Lipinski definition) is 13. The zero-order valence-electron chi connectivity index (χ0n) is 24.0.